The Hall–Kier alpha value is -3.02. The first kappa shape index (κ1) is 20.3. The third-order valence-corrected chi connectivity index (χ3v) is 4.22. The lowest BCUT2D eigenvalue weighted by Gasteiger charge is -2.27. The SMILES string of the molecule is COC(=O)C[C@@H](C(=O)N/N=C\c1ccc(-c2ccccn2)cc1)C(C)(C)C. The van der Waals surface area contributed by atoms with Crippen molar-refractivity contribution in [2.24, 2.45) is 16.4 Å². The fraction of sp³-hybridized carbons (Fsp3) is 0.333. The molecular weight excluding hydrogens is 342 g/mol. The van der Waals surface area contributed by atoms with E-state index in [1.165, 1.54) is 7.11 Å². The van der Waals surface area contributed by atoms with Crippen LogP contribution in [0.25, 0.3) is 11.3 Å². The average molecular weight is 367 g/mol. The van der Waals surface area contributed by atoms with Gasteiger partial charge in [-0.15, -0.1) is 0 Å². The number of nitrogens with one attached hydrogen (secondary N) is 1. The van der Waals surface area contributed by atoms with Gasteiger partial charge < -0.3 is 4.74 Å². The first-order valence-electron chi connectivity index (χ1n) is 8.72. The molecule has 2 rings (SSSR count). The summed E-state index contributed by atoms with van der Waals surface area (Å²) in [6, 6.07) is 13.4. The van der Waals surface area contributed by atoms with Crippen molar-refractivity contribution in [1.29, 1.82) is 0 Å². The molecule has 1 N–H and O–H groups in total. The highest BCUT2D eigenvalue weighted by Gasteiger charge is 2.33. The Balaban J connectivity index is 2.00. The van der Waals surface area contributed by atoms with Crippen molar-refractivity contribution in [1.82, 2.24) is 10.4 Å². The van der Waals surface area contributed by atoms with Crippen molar-refractivity contribution in [3.8, 4) is 11.3 Å². The van der Waals surface area contributed by atoms with Gasteiger partial charge in [0.1, 0.15) is 0 Å². The van der Waals surface area contributed by atoms with E-state index in [4.69, 9.17) is 0 Å². The molecule has 0 saturated carbocycles. The molecule has 0 saturated heterocycles. The molecule has 1 heterocycles. The number of nitrogens with zero attached hydrogens (tertiary/aromatic N) is 2. The highest BCUT2D eigenvalue weighted by atomic mass is 16.5. The van der Waals surface area contributed by atoms with Gasteiger partial charge in [0.2, 0.25) is 5.91 Å². The third-order valence-electron chi connectivity index (χ3n) is 4.22. The van der Waals surface area contributed by atoms with E-state index < -0.39 is 17.3 Å². The number of amides is 1. The zero-order valence-corrected chi connectivity index (χ0v) is 16.1. The number of carbonyl (C=O) groups excluding carboxylic acids is 2. The first-order chi connectivity index (χ1) is 12.8. The number of ether oxygens (including phenoxy) is 1. The summed E-state index contributed by atoms with van der Waals surface area (Å²) < 4.78 is 4.69. The fourth-order valence-electron chi connectivity index (χ4n) is 2.56. The predicted molar refractivity (Wildman–Crippen MR) is 105 cm³/mol. The molecule has 0 unspecified atom stereocenters. The van der Waals surface area contributed by atoms with Crippen molar-refractivity contribution in [2.75, 3.05) is 7.11 Å². The predicted octanol–water partition coefficient (Wildman–Crippen LogP) is 3.42. The van der Waals surface area contributed by atoms with Crippen LogP contribution in [-0.4, -0.2) is 30.2 Å². The van der Waals surface area contributed by atoms with Crippen molar-refractivity contribution < 1.29 is 14.3 Å². The van der Waals surface area contributed by atoms with Gasteiger partial charge in [0, 0.05) is 11.8 Å². The molecular formula is C21H25N3O3. The van der Waals surface area contributed by atoms with Crippen molar-refractivity contribution in [3.63, 3.8) is 0 Å². The van der Waals surface area contributed by atoms with Crippen LogP contribution in [0.1, 0.15) is 32.8 Å². The minimum atomic E-state index is -0.534. The number of hydrazone groups is 1. The van der Waals surface area contributed by atoms with Crippen LogP contribution in [0.15, 0.2) is 53.8 Å². The van der Waals surface area contributed by atoms with Gasteiger partial charge in [-0.25, -0.2) is 5.43 Å². The van der Waals surface area contributed by atoms with Crippen molar-refractivity contribution in [3.05, 3.63) is 54.2 Å². The molecule has 0 bridgehead atoms. The Bertz CT molecular complexity index is 794. The minimum absolute atomic E-state index is 0.0140. The summed E-state index contributed by atoms with van der Waals surface area (Å²) in [6.07, 6.45) is 3.33. The number of rotatable bonds is 6. The van der Waals surface area contributed by atoms with Crippen LogP contribution in [0.2, 0.25) is 0 Å². The lowest BCUT2D eigenvalue weighted by molar-refractivity contribution is -0.146. The molecule has 0 radical (unpaired) electrons. The highest BCUT2D eigenvalue weighted by molar-refractivity contribution is 5.86. The summed E-state index contributed by atoms with van der Waals surface area (Å²) in [6.45, 7) is 5.71. The second kappa shape index (κ2) is 9.07. The smallest absolute Gasteiger partial charge is 0.306 e. The maximum Gasteiger partial charge on any atom is 0.306 e. The van der Waals surface area contributed by atoms with Crippen LogP contribution >= 0.6 is 0 Å². The Morgan fingerprint density at radius 1 is 1.19 bits per heavy atom. The van der Waals surface area contributed by atoms with E-state index in [-0.39, 0.29) is 12.3 Å². The molecule has 0 aliphatic heterocycles. The molecule has 6 nitrogen and oxygen atoms in total. The number of esters is 1. The van der Waals surface area contributed by atoms with E-state index in [9.17, 15) is 9.59 Å². The van der Waals surface area contributed by atoms with Crippen LogP contribution in [0.5, 0.6) is 0 Å². The lowest BCUT2D eigenvalue weighted by Crippen LogP contribution is -2.37. The molecule has 142 valence electrons. The number of benzene rings is 1. The zero-order valence-electron chi connectivity index (χ0n) is 16.1. The van der Waals surface area contributed by atoms with E-state index in [0.717, 1.165) is 16.8 Å². The minimum Gasteiger partial charge on any atom is -0.469 e. The highest BCUT2D eigenvalue weighted by Crippen LogP contribution is 2.29. The third kappa shape index (κ3) is 6.02. The maximum atomic E-state index is 12.4. The molecule has 0 fully saturated rings. The summed E-state index contributed by atoms with van der Waals surface area (Å²) in [5.41, 5.74) is 4.87. The Labute approximate surface area is 159 Å². The number of carbonyl (C=O) groups is 2. The summed E-state index contributed by atoms with van der Waals surface area (Å²) in [5.74, 6) is -1.26. The van der Waals surface area contributed by atoms with Gasteiger partial charge in [0.05, 0.1) is 31.4 Å². The van der Waals surface area contributed by atoms with Gasteiger partial charge >= 0.3 is 5.97 Å². The molecule has 6 heteroatoms. The first-order valence-corrected chi connectivity index (χ1v) is 8.72. The van der Waals surface area contributed by atoms with Crippen LogP contribution in [0.3, 0.4) is 0 Å². The molecule has 1 atom stereocenters. The molecule has 1 aromatic carbocycles. The van der Waals surface area contributed by atoms with E-state index in [1.54, 1.807) is 12.4 Å². The monoisotopic (exact) mass is 367 g/mol. The number of methoxy groups -OCH3 is 1. The second-order valence-electron chi connectivity index (χ2n) is 7.27. The van der Waals surface area contributed by atoms with Crippen LogP contribution in [0.4, 0.5) is 0 Å². The fourth-order valence-corrected chi connectivity index (χ4v) is 2.56. The van der Waals surface area contributed by atoms with E-state index in [2.05, 4.69) is 20.2 Å². The molecule has 0 aliphatic carbocycles. The maximum absolute atomic E-state index is 12.4. The van der Waals surface area contributed by atoms with E-state index in [0.29, 0.717) is 0 Å². The van der Waals surface area contributed by atoms with Crippen molar-refractivity contribution in [2.45, 2.75) is 27.2 Å². The molecule has 27 heavy (non-hydrogen) atoms. The second-order valence-corrected chi connectivity index (χ2v) is 7.27. The zero-order chi connectivity index (χ0) is 19.9. The van der Waals surface area contributed by atoms with Gasteiger partial charge in [0.25, 0.3) is 0 Å². The Morgan fingerprint density at radius 3 is 2.44 bits per heavy atom. The largest absolute Gasteiger partial charge is 0.469 e. The average Bonchev–Trinajstić information content (AvgIpc) is 2.66. The molecule has 2 aromatic rings. The molecule has 0 spiro atoms. The number of pyridine rings is 1. The standard InChI is InChI=1S/C21H25N3O3/c1-21(2,3)17(13-19(25)27-4)20(26)24-23-14-15-8-10-16(11-9-15)18-7-5-6-12-22-18/h5-12,14,17H,13H2,1-4H3,(H,24,26)/b23-14-/t17-/m0/s1. The number of hydrogen-bond acceptors (Lipinski definition) is 5. The summed E-state index contributed by atoms with van der Waals surface area (Å²) in [7, 11) is 1.31. The van der Waals surface area contributed by atoms with Gasteiger partial charge in [-0.3, -0.25) is 14.6 Å². The molecule has 0 aliphatic rings. The lowest BCUT2D eigenvalue weighted by atomic mass is 9.78. The Morgan fingerprint density at radius 2 is 1.89 bits per heavy atom. The normalized spacial score (nSPS) is 12.6. The summed E-state index contributed by atoms with van der Waals surface area (Å²) >= 11 is 0. The van der Waals surface area contributed by atoms with Gasteiger partial charge in [0.15, 0.2) is 0 Å². The molecule has 1 aromatic heterocycles. The van der Waals surface area contributed by atoms with E-state index in [1.807, 2.05) is 63.2 Å². The van der Waals surface area contributed by atoms with Crippen LogP contribution in [-0.2, 0) is 14.3 Å². The molecule has 1 amide bonds. The van der Waals surface area contributed by atoms with Crippen LogP contribution < -0.4 is 5.43 Å². The van der Waals surface area contributed by atoms with Crippen LogP contribution in [0, 0.1) is 11.3 Å². The van der Waals surface area contributed by atoms with Gasteiger partial charge in [-0.05, 0) is 23.1 Å². The quantitative estimate of drug-likeness (QED) is 0.482. The van der Waals surface area contributed by atoms with Gasteiger partial charge in [-0.1, -0.05) is 51.1 Å². The van der Waals surface area contributed by atoms with Crippen molar-refractivity contribution >= 4 is 18.1 Å². The topological polar surface area (TPSA) is 80.7 Å². The Kier molecular flexibility index (Phi) is 6.82. The van der Waals surface area contributed by atoms with Gasteiger partial charge in [-0.2, -0.15) is 5.10 Å². The summed E-state index contributed by atoms with van der Waals surface area (Å²) in [4.78, 5) is 28.3. The number of hydrogen-bond donors (Lipinski definition) is 1. The number of aromatic nitrogens is 1. The summed E-state index contributed by atoms with van der Waals surface area (Å²) in [5, 5.41) is 4.02. The van der Waals surface area contributed by atoms with E-state index >= 15 is 0 Å².